The zero-order valence-corrected chi connectivity index (χ0v) is 38.0. The predicted molar refractivity (Wildman–Crippen MR) is 258 cm³/mol. The van der Waals surface area contributed by atoms with Crippen LogP contribution in [0.2, 0.25) is 0 Å². The Bertz CT molecular complexity index is 2760. The first kappa shape index (κ1) is 40.5. The summed E-state index contributed by atoms with van der Waals surface area (Å²) in [7, 11) is -2.55. The monoisotopic (exact) mass is 982 g/mol. The van der Waals surface area contributed by atoms with Crippen LogP contribution >= 0.6 is 7.26 Å². The molecule has 61 heavy (non-hydrogen) atoms. The number of fused-ring (bicyclic) bond motifs is 3. The summed E-state index contributed by atoms with van der Waals surface area (Å²) in [6.07, 6.45) is 10.1. The van der Waals surface area contributed by atoms with Crippen LogP contribution in [0.5, 0.6) is 0 Å². The van der Waals surface area contributed by atoms with Gasteiger partial charge in [-0.3, -0.25) is 0 Å². The van der Waals surface area contributed by atoms with Crippen molar-refractivity contribution in [1.82, 2.24) is 0 Å². The van der Waals surface area contributed by atoms with Gasteiger partial charge >= 0.3 is 367 Å². The topological polar surface area (TPSA) is 9.23 Å². The summed E-state index contributed by atoms with van der Waals surface area (Å²) in [5, 5.41) is 5.11. The van der Waals surface area contributed by atoms with Crippen molar-refractivity contribution in [2.24, 2.45) is 0 Å². The summed E-state index contributed by atoms with van der Waals surface area (Å²) in [5.41, 5.74) is 15.9. The Hall–Kier alpha value is -5.95. The first-order valence-electron chi connectivity index (χ1n) is 21.1. The third-order valence-corrected chi connectivity index (χ3v) is 17.1. The van der Waals surface area contributed by atoms with Gasteiger partial charge in [0.25, 0.3) is 0 Å². The molecule has 0 atom stereocenters. The van der Waals surface area contributed by atoms with Crippen LogP contribution in [0, 0.1) is 4.37 Å². The van der Waals surface area contributed by atoms with Gasteiger partial charge in [0.05, 0.1) is 0 Å². The molecule has 297 valence electrons. The Morgan fingerprint density at radius 1 is 0.574 bits per heavy atom. The van der Waals surface area contributed by atoms with Gasteiger partial charge in [0, 0.05) is 0 Å². The van der Waals surface area contributed by atoms with E-state index < -0.39 is 7.26 Å². The first-order chi connectivity index (χ1) is 30.1. The number of ether oxygens (including phenoxy) is 1. The summed E-state index contributed by atoms with van der Waals surface area (Å²) in [6, 6.07) is 69.5. The molecule has 7 aromatic carbocycles. The third-order valence-electron chi connectivity index (χ3n) is 11.7. The van der Waals surface area contributed by atoms with Crippen LogP contribution in [0.25, 0.3) is 33.9 Å². The van der Waals surface area contributed by atoms with Crippen LogP contribution in [-0.2, 0) is 22.7 Å². The van der Waals surface area contributed by atoms with Gasteiger partial charge in [-0.1, -0.05) is 0 Å². The van der Waals surface area contributed by atoms with Crippen LogP contribution in [0.15, 0.2) is 223 Å². The molecule has 0 N–H and O–H groups in total. The third kappa shape index (κ3) is 7.68. The second-order valence-corrected chi connectivity index (χ2v) is 19.3. The molecule has 0 aromatic heterocycles. The average molecular weight is 981 g/mol. The molecule has 1 nitrogen and oxygen atoms in total. The van der Waals surface area contributed by atoms with Gasteiger partial charge in [-0.15, -0.1) is 0 Å². The van der Waals surface area contributed by atoms with E-state index in [1.54, 1.807) is 0 Å². The summed E-state index contributed by atoms with van der Waals surface area (Å²) in [4.78, 5) is 0. The van der Waals surface area contributed by atoms with Gasteiger partial charge in [0.2, 0.25) is 0 Å². The van der Waals surface area contributed by atoms with Crippen molar-refractivity contribution in [2.45, 2.75) is 20.3 Å². The van der Waals surface area contributed by atoms with Crippen LogP contribution < -0.4 is 15.9 Å². The van der Waals surface area contributed by atoms with E-state index in [2.05, 4.69) is 231 Å². The molecule has 1 fully saturated rings. The van der Waals surface area contributed by atoms with E-state index in [4.69, 9.17) is 4.74 Å². The van der Waals surface area contributed by atoms with Crippen molar-refractivity contribution in [3.63, 3.8) is 0 Å². The molecule has 1 saturated heterocycles. The predicted octanol–water partition coefficient (Wildman–Crippen LogP) is 13.2. The average Bonchev–Trinajstić information content (AvgIpc) is 3.90. The molecule has 0 unspecified atom stereocenters. The number of benzene rings is 7. The van der Waals surface area contributed by atoms with Crippen molar-refractivity contribution >= 4 is 46.0 Å². The number of allylic oxidation sites excluding steroid dienone is 5. The van der Waals surface area contributed by atoms with Crippen molar-refractivity contribution < 1.29 is 22.7 Å². The van der Waals surface area contributed by atoms with Crippen LogP contribution in [-0.4, -0.2) is 13.2 Å². The summed E-state index contributed by atoms with van der Waals surface area (Å²) in [5.74, 6) is 0. The molecule has 9 rings (SSSR count). The maximum absolute atomic E-state index is 6.22. The molecule has 1 heterocycles. The SMILES string of the molecule is C/C=C/c1ccc2c(c1)C(=C(c1ccccc1)c1ccccc1)c1cc(C(C=C3COCC3=CCC)=C([C]#[Os])[P+](c3ccccc3)(c3ccccc3)c3ccccc3)ccc1-2. The molecule has 0 amide bonds. The Morgan fingerprint density at radius 3 is 1.57 bits per heavy atom. The zero-order valence-electron chi connectivity index (χ0n) is 34.5. The molecule has 0 saturated carbocycles. The Balaban J connectivity index is 1.43. The van der Waals surface area contributed by atoms with E-state index in [9.17, 15) is 0 Å². The molecule has 1 aliphatic heterocycles. The Kier molecular flexibility index (Phi) is 12.2. The maximum atomic E-state index is 6.22. The molecular weight excluding hydrogens is 934 g/mol. The molecule has 0 bridgehead atoms. The molecule has 0 spiro atoms. The standard InChI is InChI=1S/C58H47OP.Os/c1-4-21-43-33-35-52-53-36-34-46(38-56(53)58(55(52)37-43)57(44-23-11-6-12-24-44)45-25-13-7-14-26-45)54(39-48-41-59-40-47(48)22-5-2)42(3)60(49-27-15-8-16-28-49,50-29-17-9-18-30-50)51-31-19-10-20-32-51;/h4,6-39H,5,40-41H2,1-2H3;/q+1;/b21-4+,47-22?,48-39?,54-42?;. The van der Waals surface area contributed by atoms with Crippen molar-refractivity contribution in [1.29, 1.82) is 0 Å². The molecule has 7 aromatic rings. The van der Waals surface area contributed by atoms with Gasteiger partial charge in [0.15, 0.2) is 0 Å². The van der Waals surface area contributed by atoms with Crippen LogP contribution in [0.4, 0.5) is 0 Å². The molecule has 2 aliphatic rings. The number of hydrogen-bond donors (Lipinski definition) is 0. The molecule has 3 heteroatoms. The van der Waals surface area contributed by atoms with Gasteiger partial charge in [0.1, 0.15) is 0 Å². The van der Waals surface area contributed by atoms with Crippen molar-refractivity contribution in [3.8, 4) is 15.5 Å². The second kappa shape index (κ2) is 18.3. The fourth-order valence-corrected chi connectivity index (χ4v) is 14.9. The zero-order chi connectivity index (χ0) is 41.6. The fourth-order valence-electron chi connectivity index (χ4n) is 9.10. The molecule has 0 radical (unpaired) electrons. The van der Waals surface area contributed by atoms with Gasteiger partial charge < -0.3 is 0 Å². The Morgan fingerprint density at radius 2 is 1.07 bits per heavy atom. The van der Waals surface area contributed by atoms with E-state index in [1.807, 2.05) is 17.9 Å². The molecular formula is C58H47OOsP+. The fraction of sp³-hybridized carbons (Fsp3) is 0.0862. The Labute approximate surface area is 371 Å². The van der Waals surface area contributed by atoms with E-state index in [0.29, 0.717) is 13.2 Å². The van der Waals surface area contributed by atoms with E-state index in [1.165, 1.54) is 88.0 Å². The minimum absolute atomic E-state index is 0.573. The van der Waals surface area contributed by atoms with E-state index in [-0.39, 0.29) is 0 Å². The summed E-state index contributed by atoms with van der Waals surface area (Å²) < 4.78 is 10.2. The van der Waals surface area contributed by atoms with Crippen molar-refractivity contribution in [2.75, 3.05) is 13.2 Å². The van der Waals surface area contributed by atoms with E-state index in [0.717, 1.165) is 12.0 Å². The van der Waals surface area contributed by atoms with Crippen LogP contribution in [0.3, 0.4) is 0 Å². The van der Waals surface area contributed by atoms with Gasteiger partial charge in [-0.25, -0.2) is 0 Å². The van der Waals surface area contributed by atoms with Crippen molar-refractivity contribution in [3.05, 3.63) is 256 Å². The summed E-state index contributed by atoms with van der Waals surface area (Å²) >= 11 is 1.84. The normalized spacial score (nSPS) is 15.1. The van der Waals surface area contributed by atoms with Crippen LogP contribution in [0.1, 0.15) is 53.6 Å². The first-order valence-corrected chi connectivity index (χ1v) is 24.1. The number of hydrogen-bond acceptors (Lipinski definition) is 1. The van der Waals surface area contributed by atoms with Gasteiger partial charge in [-0.05, 0) is 6.92 Å². The van der Waals surface area contributed by atoms with Gasteiger partial charge in [-0.2, -0.15) is 0 Å². The molecule has 1 aliphatic carbocycles. The minimum atomic E-state index is -2.55. The number of rotatable bonds is 10. The second-order valence-electron chi connectivity index (χ2n) is 15.4. The van der Waals surface area contributed by atoms with E-state index >= 15 is 0 Å². The quantitative estimate of drug-likeness (QED) is 0.124. The summed E-state index contributed by atoms with van der Waals surface area (Å²) in [6.45, 7) is 5.50.